The van der Waals surface area contributed by atoms with Crippen LogP contribution in [-0.4, -0.2) is 20.5 Å². The first kappa shape index (κ1) is 11.8. The van der Waals surface area contributed by atoms with E-state index in [1.54, 1.807) is 14.2 Å². The van der Waals surface area contributed by atoms with Crippen LogP contribution >= 0.6 is 0 Å². The highest BCUT2D eigenvalue weighted by Crippen LogP contribution is 2.09. The van der Waals surface area contributed by atoms with Gasteiger partial charge in [-0.2, -0.15) is 0 Å². The third-order valence-corrected chi connectivity index (χ3v) is 2.04. The zero-order valence-corrected chi connectivity index (χ0v) is 9.36. The lowest BCUT2D eigenvalue weighted by Gasteiger charge is -2.14. The van der Waals surface area contributed by atoms with Gasteiger partial charge in [0.05, 0.1) is 0 Å². The van der Waals surface area contributed by atoms with Crippen LogP contribution in [0.4, 0.5) is 5.69 Å². The molecule has 0 aliphatic rings. The summed E-state index contributed by atoms with van der Waals surface area (Å²) in [4.78, 5) is 0. The molecule has 15 heavy (non-hydrogen) atoms. The molecule has 1 rings (SSSR count). The van der Waals surface area contributed by atoms with Gasteiger partial charge in [0.2, 0.25) is 0 Å². The quantitative estimate of drug-likeness (QED) is 0.753. The molecule has 3 heteroatoms. The Morgan fingerprint density at radius 3 is 2.33 bits per heavy atom. The molecule has 1 aromatic carbocycles. The van der Waals surface area contributed by atoms with Crippen LogP contribution in [0, 0.1) is 0 Å². The molecule has 0 aromatic heterocycles. The van der Waals surface area contributed by atoms with Gasteiger partial charge in [0, 0.05) is 26.1 Å². The Balaban J connectivity index is 2.57. The summed E-state index contributed by atoms with van der Waals surface area (Å²) in [6.45, 7) is 1.95. The van der Waals surface area contributed by atoms with Gasteiger partial charge < -0.3 is 14.8 Å². The van der Waals surface area contributed by atoms with Gasteiger partial charge in [-0.05, 0) is 24.6 Å². The average Bonchev–Trinajstić information content (AvgIpc) is 2.29. The second-order valence-electron chi connectivity index (χ2n) is 3.20. The highest BCUT2D eigenvalue weighted by Gasteiger charge is 2.06. The average molecular weight is 207 g/mol. The number of benzene rings is 1. The van der Waals surface area contributed by atoms with Crippen molar-refractivity contribution in [2.45, 2.75) is 13.2 Å². The second kappa shape index (κ2) is 6.22. The molecule has 0 bridgehead atoms. The van der Waals surface area contributed by atoms with E-state index in [0.29, 0.717) is 0 Å². The van der Waals surface area contributed by atoms with Gasteiger partial charge in [0.15, 0.2) is 6.29 Å². The highest BCUT2D eigenvalue weighted by atomic mass is 16.7. The van der Waals surface area contributed by atoms with Crippen molar-refractivity contribution in [2.75, 3.05) is 19.5 Å². The van der Waals surface area contributed by atoms with Crippen molar-refractivity contribution >= 4 is 5.69 Å². The molecule has 0 aliphatic carbocycles. The summed E-state index contributed by atoms with van der Waals surface area (Å²) in [7, 11) is 3.24. The van der Waals surface area contributed by atoms with Gasteiger partial charge in [0.25, 0.3) is 0 Å². The predicted octanol–water partition coefficient (Wildman–Crippen LogP) is 2.62. The smallest absolute Gasteiger partial charge is 0.180 e. The molecule has 0 saturated carbocycles. The van der Waals surface area contributed by atoms with Crippen molar-refractivity contribution in [2.24, 2.45) is 0 Å². The van der Waals surface area contributed by atoms with Crippen molar-refractivity contribution in [3.05, 3.63) is 42.1 Å². The van der Waals surface area contributed by atoms with E-state index < -0.39 is 0 Å². The molecule has 1 N–H and O–H groups in total. The first-order valence-corrected chi connectivity index (χ1v) is 4.81. The van der Waals surface area contributed by atoms with Crippen LogP contribution in [-0.2, 0) is 9.47 Å². The number of para-hydroxylation sites is 1. The molecule has 0 aliphatic heterocycles. The van der Waals surface area contributed by atoms with E-state index >= 15 is 0 Å². The van der Waals surface area contributed by atoms with E-state index in [4.69, 9.17) is 9.47 Å². The highest BCUT2D eigenvalue weighted by molar-refractivity contribution is 5.45. The molecule has 3 nitrogen and oxygen atoms in total. The number of nitrogens with one attached hydrogen (secondary N) is 1. The third kappa shape index (κ3) is 3.73. The Kier molecular flexibility index (Phi) is 4.87. The number of anilines is 1. The molecule has 0 heterocycles. The fourth-order valence-electron chi connectivity index (χ4n) is 1.27. The zero-order valence-electron chi connectivity index (χ0n) is 9.36. The van der Waals surface area contributed by atoms with Crippen LogP contribution in [0.1, 0.15) is 6.92 Å². The van der Waals surface area contributed by atoms with Crippen LogP contribution in [0.5, 0.6) is 0 Å². The molecule has 0 saturated heterocycles. The van der Waals surface area contributed by atoms with E-state index in [-0.39, 0.29) is 6.29 Å². The van der Waals surface area contributed by atoms with Gasteiger partial charge in [-0.1, -0.05) is 18.2 Å². The van der Waals surface area contributed by atoms with E-state index in [1.165, 1.54) is 0 Å². The summed E-state index contributed by atoms with van der Waals surface area (Å²) in [5.74, 6) is 0. The topological polar surface area (TPSA) is 30.5 Å². The zero-order chi connectivity index (χ0) is 11.1. The Morgan fingerprint density at radius 2 is 1.80 bits per heavy atom. The Hall–Kier alpha value is -1.32. The Bertz CT molecular complexity index is 305. The van der Waals surface area contributed by atoms with Crippen molar-refractivity contribution < 1.29 is 9.47 Å². The van der Waals surface area contributed by atoms with Crippen molar-refractivity contribution in [3.8, 4) is 0 Å². The van der Waals surface area contributed by atoms with Crippen LogP contribution in [0.15, 0.2) is 42.1 Å². The summed E-state index contributed by atoms with van der Waals surface area (Å²) in [6, 6.07) is 9.94. The van der Waals surface area contributed by atoms with Crippen LogP contribution in [0.25, 0.3) is 0 Å². The third-order valence-electron chi connectivity index (χ3n) is 2.04. The lowest BCUT2D eigenvalue weighted by atomic mass is 10.3. The predicted molar refractivity (Wildman–Crippen MR) is 61.6 cm³/mol. The summed E-state index contributed by atoms with van der Waals surface area (Å²) in [5.41, 5.74) is 2.03. The lowest BCUT2D eigenvalue weighted by Crippen LogP contribution is -2.15. The Labute approximate surface area is 90.7 Å². The van der Waals surface area contributed by atoms with E-state index in [2.05, 4.69) is 5.32 Å². The van der Waals surface area contributed by atoms with E-state index in [1.807, 2.05) is 43.5 Å². The molecular weight excluding hydrogens is 190 g/mol. The number of ether oxygens (including phenoxy) is 2. The minimum Gasteiger partial charge on any atom is -0.362 e. The maximum absolute atomic E-state index is 5.12. The van der Waals surface area contributed by atoms with Crippen molar-refractivity contribution in [3.63, 3.8) is 0 Å². The van der Waals surface area contributed by atoms with Gasteiger partial charge in [-0.25, -0.2) is 0 Å². The normalized spacial score (nSPS) is 11.9. The number of methoxy groups -OCH3 is 2. The monoisotopic (exact) mass is 207 g/mol. The van der Waals surface area contributed by atoms with Gasteiger partial charge in [0.1, 0.15) is 0 Å². The lowest BCUT2D eigenvalue weighted by molar-refractivity contribution is -0.0747. The first-order valence-electron chi connectivity index (χ1n) is 4.81. The molecular formula is C12H17NO2. The minimum atomic E-state index is -0.291. The van der Waals surface area contributed by atoms with Crippen LogP contribution in [0.3, 0.4) is 0 Å². The molecule has 82 valence electrons. The maximum atomic E-state index is 5.12. The summed E-state index contributed by atoms with van der Waals surface area (Å²) in [6.07, 6.45) is 1.59. The van der Waals surface area contributed by atoms with Crippen molar-refractivity contribution in [1.82, 2.24) is 0 Å². The van der Waals surface area contributed by atoms with Gasteiger partial charge in [-0.3, -0.25) is 0 Å². The molecule has 0 radical (unpaired) electrons. The summed E-state index contributed by atoms with van der Waals surface area (Å²) in [5, 5.41) is 3.17. The molecule has 0 unspecified atom stereocenters. The van der Waals surface area contributed by atoms with Gasteiger partial charge in [-0.15, -0.1) is 0 Å². The second-order valence-corrected chi connectivity index (χ2v) is 3.20. The Morgan fingerprint density at radius 1 is 1.20 bits per heavy atom. The van der Waals surface area contributed by atoms with E-state index in [0.717, 1.165) is 11.3 Å². The van der Waals surface area contributed by atoms with Crippen LogP contribution in [0.2, 0.25) is 0 Å². The SMILES string of the molecule is COC(OC)/C(C)=C/Nc1ccccc1. The fourth-order valence-corrected chi connectivity index (χ4v) is 1.27. The molecule has 0 fully saturated rings. The minimum absolute atomic E-state index is 0.291. The first-order chi connectivity index (χ1) is 7.27. The molecule has 0 atom stereocenters. The molecule has 1 aromatic rings. The number of hydrogen-bond acceptors (Lipinski definition) is 3. The summed E-state index contributed by atoms with van der Waals surface area (Å²) >= 11 is 0. The van der Waals surface area contributed by atoms with Crippen molar-refractivity contribution in [1.29, 1.82) is 0 Å². The molecule has 0 amide bonds. The summed E-state index contributed by atoms with van der Waals surface area (Å²) < 4.78 is 10.2. The largest absolute Gasteiger partial charge is 0.362 e. The fraction of sp³-hybridized carbons (Fsp3) is 0.333. The standard InChI is InChI=1S/C12H17NO2/c1-10(12(14-2)15-3)9-13-11-7-5-4-6-8-11/h4-9,12-13H,1-3H3/b10-9+. The number of hydrogen-bond donors (Lipinski definition) is 1. The molecule has 0 spiro atoms. The maximum Gasteiger partial charge on any atom is 0.180 e. The van der Waals surface area contributed by atoms with E-state index in [9.17, 15) is 0 Å². The number of rotatable bonds is 5. The van der Waals surface area contributed by atoms with Gasteiger partial charge >= 0.3 is 0 Å². The van der Waals surface area contributed by atoms with Crippen LogP contribution < -0.4 is 5.32 Å².